The van der Waals surface area contributed by atoms with Crippen LogP contribution in [0.2, 0.25) is 0 Å². The molecule has 288 valence electrons. The number of benzene rings is 10. The molecule has 0 bridgehead atoms. The van der Waals surface area contributed by atoms with Gasteiger partial charge >= 0.3 is 0 Å². The van der Waals surface area contributed by atoms with E-state index in [0.29, 0.717) is 17.5 Å². The minimum Gasteiger partial charge on any atom is -0.309 e. The van der Waals surface area contributed by atoms with Crippen LogP contribution in [-0.4, -0.2) is 19.5 Å². The van der Waals surface area contributed by atoms with Gasteiger partial charge in [0.2, 0.25) is 0 Å². The number of thiophene rings is 1. The van der Waals surface area contributed by atoms with Crippen molar-refractivity contribution in [3.8, 4) is 51.0 Å². The van der Waals surface area contributed by atoms with E-state index >= 15 is 0 Å². The third kappa shape index (κ3) is 5.42. The molecule has 0 aliphatic rings. The number of rotatable bonds is 5. The topological polar surface area (TPSA) is 43.6 Å². The normalized spacial score (nSPS) is 11.9. The molecule has 0 fully saturated rings. The fourth-order valence-electron chi connectivity index (χ4n) is 9.58. The molecule has 13 rings (SSSR count). The molecule has 3 heterocycles. The Morgan fingerprint density at radius 3 is 1.81 bits per heavy atom. The quantitative estimate of drug-likeness (QED) is 0.174. The smallest absolute Gasteiger partial charge is 0.164 e. The number of hydrogen-bond donors (Lipinski definition) is 0. The number of nitrogens with zero attached hydrogens (tertiary/aromatic N) is 4. The van der Waals surface area contributed by atoms with Crippen LogP contribution in [0.15, 0.2) is 206 Å². The number of fused-ring (bicyclic) bond motifs is 9. The van der Waals surface area contributed by atoms with E-state index in [0.717, 1.165) is 49.7 Å². The molecule has 0 aliphatic carbocycles. The summed E-state index contributed by atoms with van der Waals surface area (Å²) in [6.45, 7) is 0. The summed E-state index contributed by atoms with van der Waals surface area (Å²) in [5.74, 6) is 1.89. The van der Waals surface area contributed by atoms with Crippen molar-refractivity contribution in [2.75, 3.05) is 0 Å². The molecule has 0 atom stereocenters. The van der Waals surface area contributed by atoms with Gasteiger partial charge in [-0.15, -0.1) is 11.3 Å². The highest BCUT2D eigenvalue weighted by Crippen LogP contribution is 2.48. The van der Waals surface area contributed by atoms with Gasteiger partial charge in [0.15, 0.2) is 17.5 Å². The monoisotopic (exact) mass is 806 g/mol. The zero-order valence-electron chi connectivity index (χ0n) is 33.3. The van der Waals surface area contributed by atoms with Crippen molar-refractivity contribution in [1.82, 2.24) is 19.5 Å². The lowest BCUT2D eigenvalue weighted by Gasteiger charge is -2.19. The summed E-state index contributed by atoms with van der Waals surface area (Å²) in [5, 5.41) is 12.0. The first kappa shape index (κ1) is 34.8. The van der Waals surface area contributed by atoms with Crippen LogP contribution in [0.5, 0.6) is 0 Å². The molecule has 0 radical (unpaired) electrons. The van der Waals surface area contributed by atoms with E-state index < -0.39 is 0 Å². The van der Waals surface area contributed by atoms with Gasteiger partial charge in [-0.25, -0.2) is 15.0 Å². The fourth-order valence-corrected chi connectivity index (χ4v) is 10.7. The van der Waals surface area contributed by atoms with Gasteiger partial charge in [-0.1, -0.05) is 158 Å². The van der Waals surface area contributed by atoms with Crippen LogP contribution in [-0.2, 0) is 0 Å². The van der Waals surface area contributed by atoms with Crippen LogP contribution in [0, 0.1) is 0 Å². The SMILES string of the molecule is c1ccc(-c2nc(-c3ccc(-n4c5ccccc5c5cc6ccccc6cc54)c(-c4c5ccccc5cc5sc6ccccc6c45)c3)nc(-c3cccc4ccccc34)n2)cc1. The highest BCUT2D eigenvalue weighted by Gasteiger charge is 2.23. The van der Waals surface area contributed by atoms with Crippen LogP contribution in [0.3, 0.4) is 0 Å². The van der Waals surface area contributed by atoms with Crippen molar-refractivity contribution in [1.29, 1.82) is 0 Å². The van der Waals surface area contributed by atoms with Crippen molar-refractivity contribution in [2.45, 2.75) is 0 Å². The van der Waals surface area contributed by atoms with Crippen LogP contribution < -0.4 is 0 Å². The molecule has 62 heavy (non-hydrogen) atoms. The molecule has 4 nitrogen and oxygen atoms in total. The third-order valence-corrected chi connectivity index (χ3v) is 13.5. The Kier molecular flexibility index (Phi) is 7.74. The predicted octanol–water partition coefficient (Wildman–Crippen LogP) is 15.5. The first-order valence-electron chi connectivity index (χ1n) is 20.9. The summed E-state index contributed by atoms with van der Waals surface area (Å²) in [6, 6.07) is 74.1. The number of para-hydroxylation sites is 1. The van der Waals surface area contributed by atoms with Crippen LogP contribution in [0.4, 0.5) is 0 Å². The highest BCUT2D eigenvalue weighted by molar-refractivity contribution is 7.26. The van der Waals surface area contributed by atoms with E-state index in [4.69, 9.17) is 15.0 Å². The maximum atomic E-state index is 5.35. The largest absolute Gasteiger partial charge is 0.309 e. The van der Waals surface area contributed by atoms with Gasteiger partial charge in [0.25, 0.3) is 0 Å². The lowest BCUT2D eigenvalue weighted by atomic mass is 9.91. The van der Waals surface area contributed by atoms with E-state index in [1.807, 2.05) is 29.5 Å². The van der Waals surface area contributed by atoms with Crippen LogP contribution >= 0.6 is 11.3 Å². The molecule has 10 aromatic carbocycles. The van der Waals surface area contributed by atoms with E-state index in [1.54, 1.807) is 0 Å². The van der Waals surface area contributed by atoms with E-state index in [9.17, 15) is 0 Å². The first-order chi connectivity index (χ1) is 30.7. The van der Waals surface area contributed by atoms with Crippen molar-refractivity contribution in [2.24, 2.45) is 0 Å². The lowest BCUT2D eigenvalue weighted by Crippen LogP contribution is -2.02. The fraction of sp³-hybridized carbons (Fsp3) is 0. The Bertz CT molecular complexity index is 3930. The number of hydrogen-bond acceptors (Lipinski definition) is 4. The molecule has 0 amide bonds. The van der Waals surface area contributed by atoms with E-state index in [1.165, 1.54) is 58.1 Å². The first-order valence-corrected chi connectivity index (χ1v) is 21.7. The second-order valence-corrected chi connectivity index (χ2v) is 17.0. The second kappa shape index (κ2) is 13.8. The summed E-state index contributed by atoms with van der Waals surface area (Å²) in [6.07, 6.45) is 0. The Hall–Kier alpha value is -7.99. The standard InChI is InChI=1S/C57H34N4S/c1-2-16-36(17-3-1)55-58-56(60-57(59-55)44-26-14-21-35-15-6-8-22-41(35)44)40-29-30-49(61-48-27-12-10-24-43(48)46-31-37-18-4-5-19-38(37)33-50(46)61)47(32-40)53-42-23-9-7-20-39(42)34-52-54(53)45-25-11-13-28-51(45)62-52/h1-34H. The molecule has 0 saturated heterocycles. The zero-order chi connectivity index (χ0) is 40.7. The van der Waals surface area contributed by atoms with E-state index in [-0.39, 0.29) is 0 Å². The zero-order valence-corrected chi connectivity index (χ0v) is 34.1. The van der Waals surface area contributed by atoms with Crippen molar-refractivity contribution < 1.29 is 0 Å². The highest BCUT2D eigenvalue weighted by atomic mass is 32.1. The predicted molar refractivity (Wildman–Crippen MR) is 261 cm³/mol. The van der Waals surface area contributed by atoms with Gasteiger partial charge in [-0.05, 0) is 80.8 Å². The maximum Gasteiger partial charge on any atom is 0.164 e. The Morgan fingerprint density at radius 1 is 0.339 bits per heavy atom. The van der Waals surface area contributed by atoms with Crippen molar-refractivity contribution in [3.63, 3.8) is 0 Å². The van der Waals surface area contributed by atoms with Crippen LogP contribution in [0.1, 0.15) is 0 Å². The van der Waals surface area contributed by atoms with Gasteiger partial charge in [0, 0.05) is 58.8 Å². The molecule has 0 spiro atoms. The molecule has 0 unspecified atom stereocenters. The van der Waals surface area contributed by atoms with Crippen molar-refractivity contribution in [3.05, 3.63) is 206 Å². The molecule has 3 aromatic heterocycles. The van der Waals surface area contributed by atoms with Gasteiger partial charge in [0.05, 0.1) is 16.7 Å². The molecule has 0 saturated carbocycles. The molecule has 0 aliphatic heterocycles. The number of aromatic nitrogens is 4. The minimum atomic E-state index is 0.620. The summed E-state index contributed by atoms with van der Waals surface area (Å²) >= 11 is 1.86. The summed E-state index contributed by atoms with van der Waals surface area (Å²) in [5.41, 5.74) is 8.54. The average molecular weight is 807 g/mol. The molecular formula is C57H34N4S. The minimum absolute atomic E-state index is 0.620. The summed E-state index contributed by atoms with van der Waals surface area (Å²) in [7, 11) is 0. The Morgan fingerprint density at radius 2 is 0.968 bits per heavy atom. The van der Waals surface area contributed by atoms with Crippen molar-refractivity contribution >= 4 is 85.6 Å². The van der Waals surface area contributed by atoms with Gasteiger partial charge in [0.1, 0.15) is 0 Å². The second-order valence-electron chi connectivity index (χ2n) is 15.9. The van der Waals surface area contributed by atoms with Gasteiger partial charge < -0.3 is 4.57 Å². The van der Waals surface area contributed by atoms with Crippen LogP contribution in [0.25, 0.3) is 125 Å². The average Bonchev–Trinajstić information content (AvgIpc) is 3.87. The molecule has 0 N–H and O–H groups in total. The summed E-state index contributed by atoms with van der Waals surface area (Å²) < 4.78 is 5.00. The lowest BCUT2D eigenvalue weighted by molar-refractivity contribution is 1.07. The molecular weight excluding hydrogens is 773 g/mol. The van der Waals surface area contributed by atoms with Gasteiger partial charge in [-0.3, -0.25) is 0 Å². The molecule has 5 heteroatoms. The summed E-state index contributed by atoms with van der Waals surface area (Å²) in [4.78, 5) is 15.8. The maximum absolute atomic E-state index is 5.35. The Labute approximate surface area is 360 Å². The van der Waals surface area contributed by atoms with E-state index in [2.05, 4.69) is 193 Å². The third-order valence-electron chi connectivity index (χ3n) is 12.4. The van der Waals surface area contributed by atoms with Gasteiger partial charge in [-0.2, -0.15) is 0 Å². The molecule has 13 aromatic rings. The Balaban J connectivity index is 1.17.